The van der Waals surface area contributed by atoms with E-state index in [9.17, 15) is 0 Å². The Bertz CT molecular complexity index is 430. The van der Waals surface area contributed by atoms with Gasteiger partial charge >= 0.3 is 0 Å². The van der Waals surface area contributed by atoms with Crippen molar-refractivity contribution in [2.75, 3.05) is 6.54 Å². The van der Waals surface area contributed by atoms with Gasteiger partial charge in [-0.1, -0.05) is 6.92 Å². The van der Waals surface area contributed by atoms with E-state index in [-0.39, 0.29) is 0 Å². The predicted octanol–water partition coefficient (Wildman–Crippen LogP) is 2.06. The zero-order valence-corrected chi connectivity index (χ0v) is 10.5. The van der Waals surface area contributed by atoms with Gasteiger partial charge in [0.2, 0.25) is 0 Å². The molecule has 0 saturated heterocycles. The molecule has 0 bridgehead atoms. The Morgan fingerprint density at radius 3 is 2.94 bits per heavy atom. The molecule has 0 aliphatic rings. The van der Waals surface area contributed by atoms with Crippen LogP contribution in [0.2, 0.25) is 0 Å². The lowest BCUT2D eigenvalue weighted by Gasteiger charge is -2.09. The van der Waals surface area contributed by atoms with Crippen LogP contribution < -0.4 is 5.32 Å². The summed E-state index contributed by atoms with van der Waals surface area (Å²) < 4.78 is 4.16. The molecule has 17 heavy (non-hydrogen) atoms. The molecule has 0 aliphatic heterocycles. The first-order chi connectivity index (χ1) is 8.29. The van der Waals surface area contributed by atoms with Gasteiger partial charge in [0.05, 0.1) is 6.54 Å². The fourth-order valence-electron chi connectivity index (χ4n) is 1.93. The molecule has 0 spiro atoms. The van der Waals surface area contributed by atoms with Crippen LogP contribution in [0, 0.1) is 0 Å². The predicted molar refractivity (Wildman–Crippen MR) is 68.8 cm³/mol. The van der Waals surface area contributed by atoms with Crippen LogP contribution in [0.25, 0.3) is 0 Å². The Labute approximate surface area is 102 Å². The van der Waals surface area contributed by atoms with E-state index in [1.165, 1.54) is 5.56 Å². The Kier molecular flexibility index (Phi) is 3.98. The van der Waals surface area contributed by atoms with Crippen LogP contribution in [0.15, 0.2) is 36.9 Å². The van der Waals surface area contributed by atoms with E-state index < -0.39 is 0 Å². The summed E-state index contributed by atoms with van der Waals surface area (Å²) in [6, 6.07) is 4.55. The minimum Gasteiger partial charge on any atom is -0.352 e. The first-order valence-electron chi connectivity index (χ1n) is 6.16. The van der Waals surface area contributed by atoms with E-state index in [0.29, 0.717) is 6.04 Å². The maximum atomic E-state index is 4.19. The highest BCUT2D eigenvalue weighted by Crippen LogP contribution is 2.12. The van der Waals surface area contributed by atoms with Gasteiger partial charge in [0, 0.05) is 37.4 Å². The lowest BCUT2D eigenvalue weighted by Crippen LogP contribution is -2.17. The van der Waals surface area contributed by atoms with E-state index in [4.69, 9.17) is 0 Å². The fraction of sp³-hybridized carbons (Fsp3) is 0.462. The summed E-state index contributed by atoms with van der Waals surface area (Å²) in [5, 5.41) is 7.61. The van der Waals surface area contributed by atoms with Crippen molar-refractivity contribution in [1.29, 1.82) is 0 Å². The van der Waals surface area contributed by atoms with Crippen molar-refractivity contribution in [2.45, 2.75) is 33.0 Å². The van der Waals surface area contributed by atoms with Crippen molar-refractivity contribution in [3.63, 3.8) is 0 Å². The summed E-state index contributed by atoms with van der Waals surface area (Å²) in [4.78, 5) is 0. The topological polar surface area (TPSA) is 34.8 Å². The van der Waals surface area contributed by atoms with E-state index in [2.05, 4.69) is 47.3 Å². The normalized spacial score (nSPS) is 12.8. The minimum absolute atomic E-state index is 0.422. The van der Waals surface area contributed by atoms with E-state index in [0.717, 1.165) is 19.6 Å². The molecule has 2 heterocycles. The summed E-state index contributed by atoms with van der Waals surface area (Å²) in [5.41, 5.74) is 1.34. The molecule has 92 valence electrons. The second-order valence-corrected chi connectivity index (χ2v) is 4.23. The molecule has 4 nitrogen and oxygen atoms in total. The van der Waals surface area contributed by atoms with Gasteiger partial charge in [0.25, 0.3) is 0 Å². The largest absolute Gasteiger partial charge is 0.352 e. The van der Waals surface area contributed by atoms with Crippen LogP contribution in [-0.4, -0.2) is 20.9 Å². The van der Waals surface area contributed by atoms with Gasteiger partial charge in [-0.2, -0.15) is 5.10 Å². The summed E-state index contributed by atoms with van der Waals surface area (Å²) in [5.74, 6) is 0. The van der Waals surface area contributed by atoms with Crippen molar-refractivity contribution in [3.05, 3.63) is 42.5 Å². The van der Waals surface area contributed by atoms with Gasteiger partial charge in [-0.15, -0.1) is 0 Å². The molecule has 2 aromatic rings. The van der Waals surface area contributed by atoms with Crippen molar-refractivity contribution >= 4 is 0 Å². The molecule has 1 unspecified atom stereocenters. The molecule has 0 saturated carbocycles. The summed E-state index contributed by atoms with van der Waals surface area (Å²) in [7, 11) is 0. The summed E-state index contributed by atoms with van der Waals surface area (Å²) in [6.45, 7) is 7.19. The molecule has 4 heteroatoms. The molecule has 2 aromatic heterocycles. The molecule has 0 aliphatic carbocycles. The average Bonchev–Trinajstić information content (AvgIpc) is 2.98. The number of hydrogen-bond acceptors (Lipinski definition) is 2. The Morgan fingerprint density at radius 2 is 2.24 bits per heavy atom. The second kappa shape index (κ2) is 5.68. The zero-order chi connectivity index (χ0) is 12.1. The van der Waals surface area contributed by atoms with E-state index >= 15 is 0 Å². The standard InChI is InChI=1S/C13H20N4/c1-3-14-12(2)13-5-8-16(11-13)9-10-17-7-4-6-15-17/h4-8,11-12,14H,3,9-10H2,1-2H3. The van der Waals surface area contributed by atoms with Crippen LogP contribution in [0.1, 0.15) is 25.5 Å². The van der Waals surface area contributed by atoms with Gasteiger partial charge in [-0.05, 0) is 31.2 Å². The summed E-state index contributed by atoms with van der Waals surface area (Å²) in [6.07, 6.45) is 8.14. The number of aromatic nitrogens is 3. The average molecular weight is 232 g/mol. The van der Waals surface area contributed by atoms with Gasteiger partial charge in [-0.3, -0.25) is 4.68 Å². The summed E-state index contributed by atoms with van der Waals surface area (Å²) >= 11 is 0. The molecule has 1 atom stereocenters. The van der Waals surface area contributed by atoms with E-state index in [1.807, 2.05) is 23.1 Å². The van der Waals surface area contributed by atoms with Gasteiger partial charge in [0.1, 0.15) is 0 Å². The monoisotopic (exact) mass is 232 g/mol. The van der Waals surface area contributed by atoms with Crippen LogP contribution in [0.3, 0.4) is 0 Å². The lowest BCUT2D eigenvalue weighted by atomic mass is 10.2. The highest BCUT2D eigenvalue weighted by molar-refractivity contribution is 5.14. The molecule has 0 radical (unpaired) electrons. The third kappa shape index (κ3) is 3.20. The minimum atomic E-state index is 0.422. The molecule has 2 rings (SSSR count). The maximum absolute atomic E-state index is 4.19. The fourth-order valence-corrected chi connectivity index (χ4v) is 1.93. The number of rotatable bonds is 6. The maximum Gasteiger partial charge on any atom is 0.0588 e. The third-order valence-electron chi connectivity index (χ3n) is 2.93. The lowest BCUT2D eigenvalue weighted by molar-refractivity contribution is 0.532. The van der Waals surface area contributed by atoms with Crippen LogP contribution in [0.5, 0.6) is 0 Å². The first-order valence-corrected chi connectivity index (χ1v) is 6.16. The van der Waals surface area contributed by atoms with E-state index in [1.54, 1.807) is 0 Å². The number of nitrogens with zero attached hydrogens (tertiary/aromatic N) is 3. The van der Waals surface area contributed by atoms with Crippen molar-refractivity contribution in [3.8, 4) is 0 Å². The zero-order valence-electron chi connectivity index (χ0n) is 10.5. The molecular formula is C13H20N4. The highest BCUT2D eigenvalue weighted by Gasteiger charge is 2.04. The molecule has 1 N–H and O–H groups in total. The molecule has 0 fully saturated rings. The number of hydrogen-bond donors (Lipinski definition) is 1. The molecular weight excluding hydrogens is 212 g/mol. The second-order valence-electron chi connectivity index (χ2n) is 4.23. The van der Waals surface area contributed by atoms with Gasteiger partial charge in [0.15, 0.2) is 0 Å². The van der Waals surface area contributed by atoms with Crippen molar-refractivity contribution in [1.82, 2.24) is 19.7 Å². The Balaban J connectivity index is 1.89. The van der Waals surface area contributed by atoms with Gasteiger partial charge < -0.3 is 9.88 Å². The van der Waals surface area contributed by atoms with Crippen LogP contribution in [0.4, 0.5) is 0 Å². The van der Waals surface area contributed by atoms with Crippen LogP contribution >= 0.6 is 0 Å². The van der Waals surface area contributed by atoms with Crippen molar-refractivity contribution in [2.24, 2.45) is 0 Å². The van der Waals surface area contributed by atoms with Crippen LogP contribution in [-0.2, 0) is 13.1 Å². The highest BCUT2D eigenvalue weighted by atomic mass is 15.3. The molecule has 0 aromatic carbocycles. The SMILES string of the molecule is CCNC(C)c1ccn(CCn2cccn2)c1. The Hall–Kier alpha value is -1.55. The number of aryl methyl sites for hydroxylation is 2. The first kappa shape index (κ1) is 11.9. The van der Waals surface area contributed by atoms with Gasteiger partial charge in [-0.25, -0.2) is 0 Å². The number of nitrogens with one attached hydrogen (secondary N) is 1. The van der Waals surface area contributed by atoms with Crippen molar-refractivity contribution < 1.29 is 0 Å². The Morgan fingerprint density at radius 1 is 1.35 bits per heavy atom. The molecule has 0 amide bonds. The smallest absolute Gasteiger partial charge is 0.0588 e. The quantitative estimate of drug-likeness (QED) is 0.827. The third-order valence-corrected chi connectivity index (χ3v) is 2.93.